The van der Waals surface area contributed by atoms with E-state index in [1.165, 1.54) is 21.9 Å². The molecular formula is C18H19ClN4O4S2. The van der Waals surface area contributed by atoms with Crippen LogP contribution in [-0.4, -0.2) is 48.9 Å². The molecule has 3 heterocycles. The van der Waals surface area contributed by atoms with Gasteiger partial charge in [-0.15, -0.1) is 11.3 Å². The first-order valence-electron chi connectivity index (χ1n) is 9.01. The second-order valence-corrected chi connectivity index (χ2v) is 10.6. The highest BCUT2D eigenvalue weighted by molar-refractivity contribution is 7.88. The topological polar surface area (TPSA) is 99.7 Å². The van der Waals surface area contributed by atoms with E-state index in [4.69, 9.17) is 11.6 Å². The molecule has 2 aliphatic heterocycles. The number of halogens is 1. The smallest absolute Gasteiger partial charge is 0.231 e. The van der Waals surface area contributed by atoms with Crippen LogP contribution in [0, 0.1) is 5.92 Å². The molecule has 0 bridgehead atoms. The van der Waals surface area contributed by atoms with Gasteiger partial charge in [-0.25, -0.2) is 13.4 Å². The molecule has 0 saturated carbocycles. The molecule has 8 nitrogen and oxygen atoms in total. The fraction of sp³-hybridized carbons (Fsp3) is 0.389. The zero-order chi connectivity index (χ0) is 20.8. The van der Waals surface area contributed by atoms with Crippen LogP contribution in [0.3, 0.4) is 0 Å². The van der Waals surface area contributed by atoms with Crippen molar-refractivity contribution in [3.05, 3.63) is 39.9 Å². The van der Waals surface area contributed by atoms with Gasteiger partial charge in [0.15, 0.2) is 5.13 Å². The molecule has 4 rings (SSSR count). The fourth-order valence-corrected chi connectivity index (χ4v) is 5.49. The fourth-order valence-electron chi connectivity index (χ4n) is 3.47. The molecule has 0 spiro atoms. The van der Waals surface area contributed by atoms with Crippen molar-refractivity contribution in [2.45, 2.75) is 19.4 Å². The average molecular weight is 455 g/mol. The summed E-state index contributed by atoms with van der Waals surface area (Å²) < 4.78 is 24.9. The Morgan fingerprint density at radius 2 is 2.03 bits per heavy atom. The normalized spacial score (nSPS) is 20.0. The lowest BCUT2D eigenvalue weighted by atomic mass is 10.1. The van der Waals surface area contributed by atoms with E-state index in [1.54, 1.807) is 29.2 Å². The summed E-state index contributed by atoms with van der Waals surface area (Å²) in [6.07, 6.45) is 1.83. The minimum absolute atomic E-state index is 0.116. The molecular weight excluding hydrogens is 436 g/mol. The molecule has 29 heavy (non-hydrogen) atoms. The average Bonchev–Trinajstić information content (AvgIpc) is 3.24. The Bertz CT molecular complexity index is 1070. The van der Waals surface area contributed by atoms with Crippen LogP contribution in [0.25, 0.3) is 0 Å². The van der Waals surface area contributed by atoms with Crippen LogP contribution in [0.1, 0.15) is 17.0 Å². The van der Waals surface area contributed by atoms with E-state index in [0.717, 1.165) is 10.6 Å². The van der Waals surface area contributed by atoms with Crippen molar-refractivity contribution in [1.82, 2.24) is 9.29 Å². The molecule has 1 aromatic heterocycles. The summed E-state index contributed by atoms with van der Waals surface area (Å²) in [6.45, 7) is 0.948. The predicted octanol–water partition coefficient (Wildman–Crippen LogP) is 2.11. The Balaban J connectivity index is 1.42. The third kappa shape index (κ3) is 4.30. The zero-order valence-electron chi connectivity index (χ0n) is 15.6. The number of amides is 2. The summed E-state index contributed by atoms with van der Waals surface area (Å²) in [5.74, 6) is -0.859. The van der Waals surface area contributed by atoms with Crippen molar-refractivity contribution in [2.75, 3.05) is 29.6 Å². The first-order chi connectivity index (χ1) is 13.7. The van der Waals surface area contributed by atoms with E-state index in [1.807, 2.05) is 0 Å². The molecule has 1 atom stereocenters. The van der Waals surface area contributed by atoms with Gasteiger partial charge >= 0.3 is 0 Å². The summed E-state index contributed by atoms with van der Waals surface area (Å²) in [6, 6.07) is 6.92. The Kier molecular flexibility index (Phi) is 5.36. The molecule has 1 unspecified atom stereocenters. The van der Waals surface area contributed by atoms with Gasteiger partial charge in [-0.3, -0.25) is 9.59 Å². The maximum Gasteiger partial charge on any atom is 0.231 e. The van der Waals surface area contributed by atoms with Crippen molar-refractivity contribution >= 4 is 55.6 Å². The lowest BCUT2D eigenvalue weighted by Crippen LogP contribution is -2.34. The van der Waals surface area contributed by atoms with Crippen LogP contribution < -0.4 is 10.2 Å². The van der Waals surface area contributed by atoms with Gasteiger partial charge in [0.05, 0.1) is 17.9 Å². The van der Waals surface area contributed by atoms with E-state index in [2.05, 4.69) is 10.3 Å². The van der Waals surface area contributed by atoms with E-state index in [0.29, 0.717) is 35.4 Å². The van der Waals surface area contributed by atoms with Crippen molar-refractivity contribution < 1.29 is 18.0 Å². The first-order valence-corrected chi connectivity index (χ1v) is 12.1. The highest BCUT2D eigenvalue weighted by atomic mass is 35.5. The number of hydrogen-bond donors (Lipinski definition) is 1. The van der Waals surface area contributed by atoms with Gasteiger partial charge in [-0.05, 0) is 24.3 Å². The van der Waals surface area contributed by atoms with E-state index in [9.17, 15) is 18.0 Å². The number of nitrogens with zero attached hydrogens (tertiary/aromatic N) is 3. The quantitative estimate of drug-likeness (QED) is 0.762. The van der Waals surface area contributed by atoms with Gasteiger partial charge in [0.2, 0.25) is 21.8 Å². The Morgan fingerprint density at radius 1 is 1.31 bits per heavy atom. The molecule has 1 N–H and O–H groups in total. The van der Waals surface area contributed by atoms with Gasteiger partial charge in [0.1, 0.15) is 0 Å². The summed E-state index contributed by atoms with van der Waals surface area (Å²) in [4.78, 5) is 31.9. The number of sulfonamides is 1. The molecule has 1 aromatic carbocycles. The molecule has 2 aromatic rings. The minimum Gasteiger partial charge on any atom is -0.312 e. The van der Waals surface area contributed by atoms with Gasteiger partial charge in [0, 0.05) is 48.1 Å². The number of hydrogen-bond acceptors (Lipinski definition) is 6. The van der Waals surface area contributed by atoms with Crippen molar-refractivity contribution in [3.8, 4) is 0 Å². The zero-order valence-corrected chi connectivity index (χ0v) is 18.0. The third-order valence-corrected chi connectivity index (χ3v) is 7.53. The molecule has 0 radical (unpaired) electrons. The Hall–Kier alpha value is -2.01. The second kappa shape index (κ2) is 7.67. The molecule has 2 aliphatic rings. The van der Waals surface area contributed by atoms with Crippen LogP contribution in [0.4, 0.5) is 10.8 Å². The molecule has 11 heteroatoms. The lowest BCUT2D eigenvalue weighted by Gasteiger charge is -2.23. The van der Waals surface area contributed by atoms with Crippen molar-refractivity contribution in [2.24, 2.45) is 5.92 Å². The number of fused-ring (bicyclic) bond motifs is 1. The second-order valence-electron chi connectivity index (χ2n) is 7.11. The number of carbonyl (C=O) groups excluding carboxylic acids is 2. The van der Waals surface area contributed by atoms with Gasteiger partial charge in [-0.1, -0.05) is 11.6 Å². The van der Waals surface area contributed by atoms with Crippen LogP contribution in [0.15, 0.2) is 24.3 Å². The highest BCUT2D eigenvalue weighted by Gasteiger charge is 2.36. The summed E-state index contributed by atoms with van der Waals surface area (Å²) >= 11 is 7.17. The number of nitrogens with one attached hydrogen (secondary N) is 1. The predicted molar refractivity (Wildman–Crippen MR) is 112 cm³/mol. The SMILES string of the molecule is CS(=O)(=O)N1CCc2nc(NC(=O)C3CC(=O)N(c4ccc(Cl)cc4)C3)sc2C1. The number of anilines is 2. The molecule has 1 fully saturated rings. The Morgan fingerprint density at radius 3 is 2.72 bits per heavy atom. The first kappa shape index (κ1) is 20.3. The number of aromatic nitrogens is 1. The minimum atomic E-state index is -3.26. The van der Waals surface area contributed by atoms with Gasteiger partial charge in [-0.2, -0.15) is 4.31 Å². The number of rotatable bonds is 4. The number of thiazole rings is 1. The lowest BCUT2D eigenvalue weighted by molar-refractivity contribution is -0.122. The third-order valence-electron chi connectivity index (χ3n) is 5.03. The molecule has 1 saturated heterocycles. The van der Waals surface area contributed by atoms with Crippen LogP contribution in [0.2, 0.25) is 5.02 Å². The van der Waals surface area contributed by atoms with Gasteiger partial charge in [0.25, 0.3) is 0 Å². The van der Waals surface area contributed by atoms with Crippen LogP contribution in [-0.2, 0) is 32.6 Å². The highest BCUT2D eigenvalue weighted by Crippen LogP contribution is 2.31. The van der Waals surface area contributed by atoms with Crippen LogP contribution in [0.5, 0.6) is 0 Å². The Labute approximate surface area is 177 Å². The molecule has 154 valence electrons. The standard InChI is InChI=1S/C18H19ClN4O4S2/c1-29(26,27)22-7-6-14-15(10-22)28-18(20-14)21-17(25)11-8-16(24)23(9-11)13-4-2-12(19)3-5-13/h2-5,11H,6-10H2,1H3,(H,20,21,25). The summed E-state index contributed by atoms with van der Waals surface area (Å²) in [5, 5.41) is 3.81. The summed E-state index contributed by atoms with van der Waals surface area (Å²) in [5.41, 5.74) is 1.52. The van der Waals surface area contributed by atoms with E-state index >= 15 is 0 Å². The van der Waals surface area contributed by atoms with Crippen LogP contribution >= 0.6 is 22.9 Å². The number of carbonyl (C=O) groups is 2. The summed E-state index contributed by atoms with van der Waals surface area (Å²) in [7, 11) is -3.26. The van der Waals surface area contributed by atoms with Crippen molar-refractivity contribution in [1.29, 1.82) is 0 Å². The maximum atomic E-state index is 12.7. The van der Waals surface area contributed by atoms with Gasteiger partial charge < -0.3 is 10.2 Å². The maximum absolute atomic E-state index is 12.7. The number of benzene rings is 1. The van der Waals surface area contributed by atoms with Crippen molar-refractivity contribution in [3.63, 3.8) is 0 Å². The molecule has 2 amide bonds. The largest absolute Gasteiger partial charge is 0.312 e. The monoisotopic (exact) mass is 454 g/mol. The van der Waals surface area contributed by atoms with E-state index < -0.39 is 15.9 Å². The molecule has 0 aliphatic carbocycles. The van der Waals surface area contributed by atoms with E-state index in [-0.39, 0.29) is 24.8 Å².